The number of nitrogens with two attached hydrogens (primary N) is 1. The predicted octanol–water partition coefficient (Wildman–Crippen LogP) is 8.25. The number of amides is 1. The molecule has 4 unspecified atom stereocenters. The maximum atomic E-state index is 15.8. The van der Waals surface area contributed by atoms with Crippen LogP contribution in [0.3, 0.4) is 0 Å². The number of nitrogen functional groups attached to an aromatic ring is 1. The SMILES string of the molecule is CCN(c1nc(OCC23CCCN2CC(C)C3)nc2c(C(F)(F)F)c(-c3ccc(F)c4sc(N)c(C#N)c34)c(C(F)(F)F)cc12)C1CC(COC)N(C(=O)C2CC2)C1. The predicted molar refractivity (Wildman–Crippen MR) is 204 cm³/mol. The lowest BCUT2D eigenvalue weighted by Crippen LogP contribution is -2.43. The van der Waals surface area contributed by atoms with E-state index in [0.29, 0.717) is 29.7 Å². The number of aromatic nitrogens is 2. The van der Waals surface area contributed by atoms with Gasteiger partial charge in [-0.2, -0.15) is 41.6 Å². The normalized spacial score (nSPS) is 23.9. The molecule has 18 heteroatoms. The third-order valence-corrected chi connectivity index (χ3v) is 13.3. The molecule has 58 heavy (non-hydrogen) atoms. The van der Waals surface area contributed by atoms with Crippen molar-refractivity contribution in [1.82, 2.24) is 19.8 Å². The Hall–Kier alpha value is -4.47. The molecule has 5 heterocycles. The lowest BCUT2D eigenvalue weighted by atomic mass is 9.88. The number of likely N-dealkylation sites (tertiary alicyclic amines) is 1. The Morgan fingerprint density at radius 3 is 2.57 bits per heavy atom. The van der Waals surface area contributed by atoms with Crippen LogP contribution in [0.1, 0.15) is 69.1 Å². The average Bonchev–Trinajstić information content (AvgIpc) is 3.52. The van der Waals surface area contributed by atoms with Crippen LogP contribution < -0.4 is 15.4 Å². The number of nitriles is 1. The van der Waals surface area contributed by atoms with Crippen LogP contribution in [0.5, 0.6) is 6.01 Å². The standard InChI is InChI=1S/C40H42F7N7O3S/c1-4-53(22-12-23(18-56-3)54(17-22)36(55)21-6-7-21)35-25-13-27(39(42,43)44)30(24-8-9-28(41)33-29(24)26(15-48)34(49)58-33)31(40(45,46)47)32(25)50-37(51-35)57-19-38-10-5-11-52(38)16-20(2)14-38/h8-9,13,20-23H,4-7,10-12,14,16-19,49H2,1-3H3. The molecule has 3 aliphatic heterocycles. The maximum absolute atomic E-state index is 15.8. The van der Waals surface area contributed by atoms with Crippen molar-refractivity contribution in [1.29, 1.82) is 5.26 Å². The van der Waals surface area contributed by atoms with E-state index in [9.17, 15) is 10.1 Å². The van der Waals surface area contributed by atoms with Crippen molar-refractivity contribution >= 4 is 49.1 Å². The van der Waals surface area contributed by atoms with Crippen LogP contribution >= 0.6 is 11.3 Å². The zero-order valence-corrected chi connectivity index (χ0v) is 32.9. The molecular formula is C40H42F7N7O3S. The molecule has 3 saturated heterocycles. The van der Waals surface area contributed by atoms with E-state index in [4.69, 9.17) is 15.2 Å². The summed E-state index contributed by atoms with van der Waals surface area (Å²) in [5, 5.41) is 8.70. The topological polar surface area (TPSA) is 121 Å². The lowest BCUT2D eigenvalue weighted by molar-refractivity contribution is -0.141. The minimum absolute atomic E-state index is 0.0462. The molecule has 2 aromatic carbocycles. The molecule has 310 valence electrons. The van der Waals surface area contributed by atoms with E-state index in [-0.39, 0.29) is 59.7 Å². The van der Waals surface area contributed by atoms with Gasteiger partial charge in [-0.3, -0.25) is 9.69 Å². The van der Waals surface area contributed by atoms with Gasteiger partial charge in [0.1, 0.15) is 29.3 Å². The van der Waals surface area contributed by atoms with Gasteiger partial charge in [0.15, 0.2) is 0 Å². The van der Waals surface area contributed by atoms with E-state index in [1.165, 1.54) is 7.11 Å². The second-order valence-corrected chi connectivity index (χ2v) is 17.1. The molecule has 2 aromatic heterocycles. The first-order valence-corrected chi connectivity index (χ1v) is 20.2. The fourth-order valence-corrected chi connectivity index (χ4v) is 10.7. The number of anilines is 2. The molecule has 4 aliphatic rings. The van der Waals surface area contributed by atoms with Crippen molar-refractivity contribution in [3.63, 3.8) is 0 Å². The third-order valence-electron chi connectivity index (χ3n) is 12.2. The van der Waals surface area contributed by atoms with Gasteiger partial charge in [0, 0.05) is 49.0 Å². The number of thiophene rings is 1. The van der Waals surface area contributed by atoms with Crippen molar-refractivity contribution in [3.05, 3.63) is 40.7 Å². The summed E-state index contributed by atoms with van der Waals surface area (Å²) in [5.74, 6) is -1.04. The summed E-state index contributed by atoms with van der Waals surface area (Å²) in [6.07, 6.45) is -6.61. The lowest BCUT2D eigenvalue weighted by Gasteiger charge is -2.33. The summed E-state index contributed by atoms with van der Waals surface area (Å²) in [6, 6.07) is 2.52. The smallest absolute Gasteiger partial charge is 0.419 e. The van der Waals surface area contributed by atoms with Gasteiger partial charge in [-0.05, 0) is 75.6 Å². The largest absolute Gasteiger partial charge is 0.461 e. The van der Waals surface area contributed by atoms with Gasteiger partial charge in [-0.1, -0.05) is 13.0 Å². The number of hydrogen-bond donors (Lipinski definition) is 1. The molecule has 1 saturated carbocycles. The fraction of sp³-hybridized carbons (Fsp3) is 0.550. The van der Waals surface area contributed by atoms with Crippen molar-refractivity contribution < 1.29 is 45.0 Å². The summed E-state index contributed by atoms with van der Waals surface area (Å²) < 4.78 is 120. The number of methoxy groups -OCH3 is 1. The first-order chi connectivity index (χ1) is 27.5. The molecule has 0 bridgehead atoms. The van der Waals surface area contributed by atoms with Crippen molar-refractivity contribution in [2.75, 3.05) is 57.1 Å². The molecule has 10 nitrogen and oxygen atoms in total. The first-order valence-electron chi connectivity index (χ1n) is 19.4. The van der Waals surface area contributed by atoms with Gasteiger partial charge in [0.05, 0.1) is 51.1 Å². The number of carbonyl (C=O) groups excluding carboxylic acids is 1. The Balaban J connectivity index is 1.39. The average molecular weight is 834 g/mol. The minimum atomic E-state index is -5.48. The number of hydrogen-bond acceptors (Lipinski definition) is 10. The van der Waals surface area contributed by atoms with Gasteiger partial charge in [-0.15, -0.1) is 11.3 Å². The number of benzene rings is 2. The van der Waals surface area contributed by atoms with Crippen molar-refractivity contribution in [2.24, 2.45) is 11.8 Å². The molecule has 0 spiro atoms. The number of carbonyl (C=O) groups is 1. The van der Waals surface area contributed by atoms with Gasteiger partial charge >= 0.3 is 18.4 Å². The highest BCUT2D eigenvalue weighted by molar-refractivity contribution is 7.23. The second kappa shape index (κ2) is 14.7. The molecule has 4 fully saturated rings. The second-order valence-electron chi connectivity index (χ2n) is 16.1. The van der Waals surface area contributed by atoms with E-state index in [2.05, 4.69) is 21.8 Å². The number of fused-ring (bicyclic) bond motifs is 3. The minimum Gasteiger partial charge on any atom is -0.461 e. The van der Waals surface area contributed by atoms with Crippen LogP contribution in [0.2, 0.25) is 0 Å². The summed E-state index contributed by atoms with van der Waals surface area (Å²) in [4.78, 5) is 28.0. The number of likely N-dealkylation sites (N-methyl/N-ethyl adjacent to an activating group) is 1. The Bertz CT molecular complexity index is 2320. The van der Waals surface area contributed by atoms with Crippen LogP contribution in [-0.4, -0.2) is 89.8 Å². The maximum Gasteiger partial charge on any atom is 0.419 e. The van der Waals surface area contributed by atoms with Gasteiger partial charge in [0.25, 0.3) is 0 Å². The Morgan fingerprint density at radius 1 is 1.16 bits per heavy atom. The molecule has 1 aliphatic carbocycles. The van der Waals surface area contributed by atoms with Crippen LogP contribution in [0.15, 0.2) is 18.2 Å². The van der Waals surface area contributed by atoms with E-state index >= 15 is 30.7 Å². The van der Waals surface area contributed by atoms with Crippen LogP contribution in [-0.2, 0) is 21.9 Å². The van der Waals surface area contributed by atoms with E-state index in [1.807, 2.05) is 0 Å². The molecule has 1 amide bonds. The summed E-state index contributed by atoms with van der Waals surface area (Å²) in [7, 11) is 1.50. The first kappa shape index (κ1) is 40.3. The molecule has 8 rings (SSSR count). The highest BCUT2D eigenvalue weighted by atomic mass is 32.1. The molecule has 4 atom stereocenters. The van der Waals surface area contributed by atoms with E-state index < -0.39 is 79.9 Å². The number of ether oxygens (including phenoxy) is 2. The molecule has 2 N–H and O–H groups in total. The van der Waals surface area contributed by atoms with Crippen molar-refractivity contribution in [3.8, 4) is 23.2 Å². The third kappa shape index (κ3) is 6.86. The quantitative estimate of drug-likeness (QED) is 0.158. The summed E-state index contributed by atoms with van der Waals surface area (Å²) in [5.41, 5.74) is -1.15. The zero-order chi connectivity index (χ0) is 41.5. The van der Waals surface area contributed by atoms with Crippen LogP contribution in [0.25, 0.3) is 32.1 Å². The molecular weight excluding hydrogens is 792 g/mol. The summed E-state index contributed by atoms with van der Waals surface area (Å²) in [6.45, 7) is 5.95. The Labute approximate surface area is 333 Å². The molecule has 4 aromatic rings. The fourth-order valence-electron chi connectivity index (χ4n) is 9.71. The monoisotopic (exact) mass is 833 g/mol. The highest BCUT2D eigenvalue weighted by Crippen LogP contribution is 2.53. The van der Waals surface area contributed by atoms with Gasteiger partial charge < -0.3 is 25.0 Å². The van der Waals surface area contributed by atoms with Crippen LogP contribution in [0.4, 0.5) is 41.6 Å². The Kier molecular flexibility index (Phi) is 10.2. The molecule has 0 radical (unpaired) electrons. The van der Waals surface area contributed by atoms with Gasteiger partial charge in [-0.25, -0.2) is 4.39 Å². The summed E-state index contributed by atoms with van der Waals surface area (Å²) >= 11 is 0.557. The number of alkyl halides is 6. The Morgan fingerprint density at radius 2 is 1.91 bits per heavy atom. The van der Waals surface area contributed by atoms with Crippen molar-refractivity contribution in [2.45, 2.75) is 82.3 Å². The number of rotatable bonds is 10. The zero-order valence-electron chi connectivity index (χ0n) is 32.1. The number of halogens is 7. The van der Waals surface area contributed by atoms with E-state index in [1.54, 1.807) is 22.8 Å². The number of nitrogens with zero attached hydrogens (tertiary/aromatic N) is 6. The van der Waals surface area contributed by atoms with Gasteiger partial charge in [0.2, 0.25) is 5.91 Å². The highest BCUT2D eigenvalue weighted by Gasteiger charge is 2.49. The van der Waals surface area contributed by atoms with E-state index in [0.717, 1.165) is 57.3 Å². The van der Waals surface area contributed by atoms with Crippen LogP contribution in [0, 0.1) is 29.0 Å².